The molecule has 3 rings (SSSR count). The third-order valence-electron chi connectivity index (χ3n) is 4.63. The molecule has 2 amide bonds. The van der Waals surface area contributed by atoms with Crippen LogP contribution in [-0.2, 0) is 21.2 Å². The molecule has 8 heteroatoms. The monoisotopic (exact) mass is 420 g/mol. The Labute approximate surface area is 169 Å². The molecule has 1 fully saturated rings. The summed E-state index contributed by atoms with van der Waals surface area (Å²) >= 11 is 6.17. The number of hydrogen-bond donors (Lipinski definition) is 1. The fourth-order valence-corrected chi connectivity index (χ4v) is 5.45. The molecule has 1 heterocycles. The molecule has 2 aromatic rings. The van der Waals surface area contributed by atoms with Gasteiger partial charge in [-0.15, -0.1) is 0 Å². The van der Waals surface area contributed by atoms with E-state index in [0.29, 0.717) is 9.99 Å². The summed E-state index contributed by atoms with van der Waals surface area (Å²) in [5.74, 6) is -1.30. The molecule has 1 saturated heterocycles. The van der Waals surface area contributed by atoms with Crippen molar-refractivity contribution in [2.24, 2.45) is 5.41 Å². The summed E-state index contributed by atoms with van der Waals surface area (Å²) in [6.07, 6.45) is 0.892. The van der Waals surface area contributed by atoms with Gasteiger partial charge in [-0.25, -0.2) is 12.7 Å². The highest BCUT2D eigenvalue weighted by atomic mass is 35.5. The van der Waals surface area contributed by atoms with E-state index in [1.165, 1.54) is 18.2 Å². The number of nitrogens with one attached hydrogen (secondary N) is 1. The third kappa shape index (κ3) is 3.77. The first-order chi connectivity index (χ1) is 13.0. The summed E-state index contributed by atoms with van der Waals surface area (Å²) in [7, 11) is -3.86. The minimum absolute atomic E-state index is 0.00813. The summed E-state index contributed by atoms with van der Waals surface area (Å²) < 4.78 is 25.7. The molecule has 1 N–H and O–H groups in total. The lowest BCUT2D eigenvalue weighted by Gasteiger charge is -2.19. The third-order valence-corrected chi connectivity index (χ3v) is 6.96. The van der Waals surface area contributed by atoms with E-state index >= 15 is 0 Å². The number of amides is 2. The van der Waals surface area contributed by atoms with Gasteiger partial charge >= 0.3 is 0 Å². The molecule has 0 aliphatic carbocycles. The van der Waals surface area contributed by atoms with Crippen LogP contribution in [0, 0.1) is 5.41 Å². The Bertz CT molecular complexity index is 1050. The van der Waals surface area contributed by atoms with Crippen LogP contribution in [0.2, 0.25) is 5.02 Å². The molecule has 148 valence electrons. The van der Waals surface area contributed by atoms with Crippen molar-refractivity contribution in [3.8, 4) is 0 Å². The fraction of sp³-hybridized carbons (Fsp3) is 0.300. The van der Waals surface area contributed by atoms with Crippen molar-refractivity contribution in [3.05, 3.63) is 58.6 Å². The van der Waals surface area contributed by atoms with Crippen LogP contribution < -0.4 is 9.62 Å². The Morgan fingerprint density at radius 1 is 1.18 bits per heavy atom. The topological polar surface area (TPSA) is 83.6 Å². The van der Waals surface area contributed by atoms with E-state index in [-0.39, 0.29) is 22.0 Å². The number of rotatable bonds is 4. The van der Waals surface area contributed by atoms with Crippen LogP contribution in [0.25, 0.3) is 0 Å². The normalized spacial score (nSPS) is 17.6. The highest BCUT2D eigenvalue weighted by Crippen LogP contribution is 2.39. The molecular formula is C20H21ClN2O4S. The highest BCUT2D eigenvalue weighted by molar-refractivity contribution is 7.94. The molecule has 0 aromatic heterocycles. The first-order valence-electron chi connectivity index (χ1n) is 8.82. The quantitative estimate of drug-likeness (QED) is 0.814. The molecule has 0 saturated carbocycles. The molecule has 0 radical (unpaired) electrons. The van der Waals surface area contributed by atoms with Crippen molar-refractivity contribution < 1.29 is 18.0 Å². The van der Waals surface area contributed by atoms with Crippen LogP contribution in [0.3, 0.4) is 0 Å². The number of hydrogen-bond acceptors (Lipinski definition) is 4. The number of aryl methyl sites for hydroxylation is 1. The number of halogens is 1. The Morgan fingerprint density at radius 3 is 2.36 bits per heavy atom. The van der Waals surface area contributed by atoms with Gasteiger partial charge < -0.3 is 5.32 Å². The van der Waals surface area contributed by atoms with Crippen LogP contribution in [0.15, 0.2) is 42.5 Å². The predicted molar refractivity (Wildman–Crippen MR) is 110 cm³/mol. The van der Waals surface area contributed by atoms with E-state index in [2.05, 4.69) is 5.32 Å². The SMILES string of the molecule is CCc1ccc(NC(=O)c2ccc(Cl)c(N3C(=O)C(C)(C)CS3(=O)=O)c2)cc1. The smallest absolute Gasteiger partial charge is 0.255 e. The van der Waals surface area contributed by atoms with Gasteiger partial charge in [0.05, 0.1) is 21.9 Å². The summed E-state index contributed by atoms with van der Waals surface area (Å²) in [5.41, 5.74) is 0.899. The Kier molecular flexibility index (Phi) is 5.25. The van der Waals surface area contributed by atoms with Crippen LogP contribution in [0.1, 0.15) is 36.7 Å². The lowest BCUT2D eigenvalue weighted by Crippen LogP contribution is -2.33. The van der Waals surface area contributed by atoms with Crippen LogP contribution >= 0.6 is 11.6 Å². The van der Waals surface area contributed by atoms with E-state index in [9.17, 15) is 18.0 Å². The van der Waals surface area contributed by atoms with E-state index in [1.807, 2.05) is 19.1 Å². The van der Waals surface area contributed by atoms with Gasteiger partial charge in [0.15, 0.2) is 0 Å². The van der Waals surface area contributed by atoms with E-state index in [0.717, 1.165) is 12.0 Å². The van der Waals surface area contributed by atoms with E-state index in [1.54, 1.807) is 26.0 Å². The summed E-state index contributed by atoms with van der Waals surface area (Å²) in [6, 6.07) is 11.7. The highest BCUT2D eigenvalue weighted by Gasteiger charge is 2.50. The number of sulfonamides is 1. The molecule has 6 nitrogen and oxygen atoms in total. The molecule has 1 aliphatic heterocycles. The summed E-state index contributed by atoms with van der Waals surface area (Å²) in [4.78, 5) is 25.2. The van der Waals surface area contributed by atoms with E-state index < -0.39 is 27.3 Å². The maximum Gasteiger partial charge on any atom is 0.255 e. The second-order valence-electron chi connectivity index (χ2n) is 7.38. The second-order valence-corrected chi connectivity index (χ2v) is 9.61. The second kappa shape index (κ2) is 7.22. The zero-order chi connectivity index (χ0) is 20.7. The predicted octanol–water partition coefficient (Wildman–Crippen LogP) is 3.86. The maximum absolute atomic E-state index is 12.6. The molecular weight excluding hydrogens is 400 g/mol. The first-order valence-corrected chi connectivity index (χ1v) is 10.8. The molecule has 1 aliphatic rings. The van der Waals surface area contributed by atoms with Crippen molar-refractivity contribution in [2.45, 2.75) is 27.2 Å². The van der Waals surface area contributed by atoms with Crippen molar-refractivity contribution in [2.75, 3.05) is 15.4 Å². The largest absolute Gasteiger partial charge is 0.322 e. The Morgan fingerprint density at radius 2 is 1.82 bits per heavy atom. The lowest BCUT2D eigenvalue weighted by molar-refractivity contribution is -0.123. The number of anilines is 2. The first kappa shape index (κ1) is 20.4. The average Bonchev–Trinajstić information content (AvgIpc) is 2.79. The molecule has 28 heavy (non-hydrogen) atoms. The number of benzene rings is 2. The van der Waals surface area contributed by atoms with Gasteiger partial charge in [0.25, 0.3) is 5.91 Å². The van der Waals surface area contributed by atoms with Gasteiger partial charge in [0.2, 0.25) is 15.9 Å². The summed E-state index contributed by atoms with van der Waals surface area (Å²) in [5, 5.41) is 2.84. The Balaban J connectivity index is 1.93. The van der Waals surface area contributed by atoms with Gasteiger partial charge in [-0.2, -0.15) is 0 Å². The van der Waals surface area contributed by atoms with Gasteiger partial charge in [0.1, 0.15) is 0 Å². The average molecular weight is 421 g/mol. The van der Waals surface area contributed by atoms with E-state index in [4.69, 9.17) is 11.6 Å². The fourth-order valence-electron chi connectivity index (χ4n) is 3.08. The van der Waals surface area contributed by atoms with Gasteiger partial charge in [-0.05, 0) is 56.2 Å². The molecule has 0 atom stereocenters. The number of nitrogens with zero attached hydrogens (tertiary/aromatic N) is 1. The maximum atomic E-state index is 12.6. The molecule has 0 unspecified atom stereocenters. The van der Waals surface area contributed by atoms with Crippen molar-refractivity contribution in [3.63, 3.8) is 0 Å². The molecule has 0 bridgehead atoms. The number of carbonyl (C=O) groups excluding carboxylic acids is 2. The van der Waals surface area contributed by atoms with Gasteiger partial charge in [-0.3, -0.25) is 9.59 Å². The van der Waals surface area contributed by atoms with Crippen LogP contribution in [0.5, 0.6) is 0 Å². The zero-order valence-corrected chi connectivity index (χ0v) is 17.4. The standard InChI is InChI=1S/C20H21ClN2O4S/c1-4-13-5-8-15(9-6-13)22-18(24)14-7-10-16(21)17(11-14)23-19(25)20(2,3)12-28(23,26)27/h5-11H,4,12H2,1-3H3,(H,22,24). The van der Waals surface area contributed by atoms with Crippen molar-refractivity contribution in [1.29, 1.82) is 0 Å². The van der Waals surface area contributed by atoms with Crippen molar-refractivity contribution >= 4 is 44.8 Å². The minimum atomic E-state index is -3.86. The Hall–Kier alpha value is -2.38. The molecule has 0 spiro atoms. The van der Waals surface area contributed by atoms with Crippen LogP contribution in [0.4, 0.5) is 11.4 Å². The lowest BCUT2D eigenvalue weighted by atomic mass is 9.95. The van der Waals surface area contributed by atoms with Gasteiger partial charge in [-0.1, -0.05) is 30.7 Å². The van der Waals surface area contributed by atoms with Gasteiger partial charge in [0, 0.05) is 11.3 Å². The number of carbonyl (C=O) groups is 2. The van der Waals surface area contributed by atoms with Crippen molar-refractivity contribution in [1.82, 2.24) is 0 Å². The molecule has 2 aromatic carbocycles. The zero-order valence-electron chi connectivity index (χ0n) is 15.8. The van der Waals surface area contributed by atoms with Crippen LogP contribution in [-0.4, -0.2) is 26.0 Å². The minimum Gasteiger partial charge on any atom is -0.322 e. The summed E-state index contributed by atoms with van der Waals surface area (Å²) in [6.45, 7) is 5.17.